The molecule has 0 saturated carbocycles. The van der Waals surface area contributed by atoms with Crippen LogP contribution in [0, 0.1) is 35.0 Å². The monoisotopic (exact) mass is 467 g/mol. The number of rotatable bonds is 10. The topological polar surface area (TPSA) is 90.6 Å². The van der Waals surface area contributed by atoms with E-state index in [1.807, 2.05) is 39.0 Å². The third-order valence-electron chi connectivity index (χ3n) is 6.45. The van der Waals surface area contributed by atoms with Crippen molar-refractivity contribution in [2.45, 2.75) is 51.2 Å². The van der Waals surface area contributed by atoms with Crippen molar-refractivity contribution >= 4 is 11.1 Å². The zero-order valence-corrected chi connectivity index (χ0v) is 20.3. The molecule has 0 fully saturated rings. The van der Waals surface area contributed by atoms with E-state index < -0.39 is 17.2 Å². The fourth-order valence-electron chi connectivity index (χ4n) is 4.61. The molecular weight excluding hydrogens is 434 g/mol. The second kappa shape index (κ2) is 11.7. The lowest BCUT2D eigenvalue weighted by Crippen LogP contribution is -2.21. The van der Waals surface area contributed by atoms with Crippen molar-refractivity contribution in [1.29, 1.82) is 5.26 Å². The quantitative estimate of drug-likeness (QED) is 0.359. The Hall–Kier alpha value is -2.30. The molecule has 6 heteroatoms. The summed E-state index contributed by atoms with van der Waals surface area (Å²) in [5.74, 6) is 0.354. The van der Waals surface area contributed by atoms with Gasteiger partial charge in [-0.1, -0.05) is 61.9 Å². The molecule has 5 nitrogen and oxygen atoms in total. The number of hydrogen-bond donors (Lipinski definition) is 2. The summed E-state index contributed by atoms with van der Waals surface area (Å²) in [6.07, 6.45) is 3.38. The Morgan fingerprint density at radius 1 is 1.15 bits per heavy atom. The van der Waals surface area contributed by atoms with Gasteiger partial charge in [-0.3, -0.25) is 0 Å². The van der Waals surface area contributed by atoms with Crippen LogP contribution in [0.3, 0.4) is 0 Å². The lowest BCUT2D eigenvalue weighted by molar-refractivity contribution is 0.0805. The molecule has 176 valence electrons. The first-order valence-electron chi connectivity index (χ1n) is 11.4. The van der Waals surface area contributed by atoms with E-state index in [0.29, 0.717) is 18.1 Å². The molecule has 2 N–H and O–H groups in total. The van der Waals surface area contributed by atoms with E-state index in [0.717, 1.165) is 29.5 Å². The van der Waals surface area contributed by atoms with Crippen molar-refractivity contribution in [2.24, 2.45) is 23.7 Å². The predicted molar refractivity (Wildman–Crippen MR) is 130 cm³/mol. The third-order valence-corrected chi connectivity index (χ3v) is 7.11. The number of aryl methyl sites for hydroxylation is 1. The normalized spacial score (nSPS) is 22.1. The van der Waals surface area contributed by atoms with Crippen molar-refractivity contribution in [3.63, 3.8) is 0 Å². The molecule has 2 aromatic rings. The number of aliphatic hydroxyl groups excluding tert-OH is 1. The first kappa shape index (κ1) is 25.3. The molecular formula is C27H33NO4S. The lowest BCUT2D eigenvalue weighted by Gasteiger charge is -2.23. The standard InChI is InChI=1S/C27H33NO4S/c1-18(2)27(29)22-8-4-6-20(13-22)10-11-25-23(12-19(3)26(25)15-28)17-32-16-21-7-5-9-24(14-21)33(30)31/h4-9,12-14,18,23,25-27,29H,10-11,16-17H2,1-3H3,(H,30,31)/t23-,25-,26?,27?/m1/s1. The average Bonchev–Trinajstić information content (AvgIpc) is 3.11. The van der Waals surface area contributed by atoms with Gasteiger partial charge in [-0.15, -0.1) is 0 Å². The number of nitrogens with zero attached hydrogens (tertiary/aromatic N) is 1. The summed E-state index contributed by atoms with van der Waals surface area (Å²) in [4.78, 5) is 0.361. The highest BCUT2D eigenvalue weighted by Gasteiger charge is 2.35. The molecule has 0 amide bonds. The molecule has 1 aliphatic rings. The van der Waals surface area contributed by atoms with Gasteiger partial charge in [-0.2, -0.15) is 5.26 Å². The van der Waals surface area contributed by atoms with Crippen LogP contribution >= 0.6 is 0 Å². The Morgan fingerprint density at radius 3 is 2.58 bits per heavy atom. The van der Waals surface area contributed by atoms with Gasteiger partial charge in [-0.05, 0) is 60.4 Å². The SMILES string of the molecule is CC1=C[C@H](COCc2cccc(S(=O)O)c2)[C@@H](CCc2cccc(C(O)C(C)C)c2)C1C#N. The van der Waals surface area contributed by atoms with Crippen LogP contribution in [0.1, 0.15) is 50.0 Å². The molecule has 3 unspecified atom stereocenters. The predicted octanol–water partition coefficient (Wildman–Crippen LogP) is 5.44. The Labute approximate surface area is 199 Å². The van der Waals surface area contributed by atoms with E-state index in [2.05, 4.69) is 24.3 Å². The van der Waals surface area contributed by atoms with Crippen LogP contribution in [0.5, 0.6) is 0 Å². The van der Waals surface area contributed by atoms with Crippen LogP contribution in [0.15, 0.2) is 65.1 Å². The van der Waals surface area contributed by atoms with Crippen molar-refractivity contribution in [1.82, 2.24) is 0 Å². The summed E-state index contributed by atoms with van der Waals surface area (Å²) in [7, 11) is 0. The molecule has 0 radical (unpaired) electrons. The highest BCUT2D eigenvalue weighted by atomic mass is 32.2. The van der Waals surface area contributed by atoms with Gasteiger partial charge in [0.05, 0.1) is 36.2 Å². The molecule has 0 heterocycles. The Balaban J connectivity index is 1.62. The van der Waals surface area contributed by atoms with Crippen molar-refractivity contribution in [3.05, 3.63) is 76.9 Å². The summed E-state index contributed by atoms with van der Waals surface area (Å²) in [5, 5.41) is 20.2. The van der Waals surface area contributed by atoms with Crippen LogP contribution in [0.25, 0.3) is 0 Å². The maximum absolute atomic E-state index is 11.3. The smallest absolute Gasteiger partial charge is 0.186 e. The second-order valence-electron chi connectivity index (χ2n) is 9.23. The fraction of sp³-hybridized carbons (Fsp3) is 0.444. The molecule has 0 aromatic heterocycles. The summed E-state index contributed by atoms with van der Waals surface area (Å²) in [6.45, 7) is 6.88. The van der Waals surface area contributed by atoms with Gasteiger partial charge in [0.25, 0.3) is 0 Å². The third kappa shape index (κ3) is 6.61. The summed E-state index contributed by atoms with van der Waals surface area (Å²) in [5.41, 5.74) is 4.05. The Kier molecular flexibility index (Phi) is 8.99. The van der Waals surface area contributed by atoms with E-state index >= 15 is 0 Å². The van der Waals surface area contributed by atoms with Gasteiger partial charge in [0.15, 0.2) is 11.1 Å². The number of ether oxygens (including phenoxy) is 1. The fourth-order valence-corrected chi connectivity index (χ4v) is 5.05. The number of allylic oxidation sites excluding steroid dienone is 1. The molecule has 0 aliphatic heterocycles. The van der Waals surface area contributed by atoms with Gasteiger partial charge >= 0.3 is 0 Å². The van der Waals surface area contributed by atoms with Crippen molar-refractivity contribution < 1.29 is 18.6 Å². The van der Waals surface area contributed by atoms with Crippen LogP contribution in [-0.4, -0.2) is 20.5 Å². The van der Waals surface area contributed by atoms with Crippen molar-refractivity contribution in [2.75, 3.05) is 6.61 Å². The van der Waals surface area contributed by atoms with E-state index in [4.69, 9.17) is 4.74 Å². The number of aliphatic hydroxyl groups is 1. The minimum Gasteiger partial charge on any atom is -0.388 e. The first-order valence-corrected chi connectivity index (χ1v) is 12.5. The van der Waals surface area contributed by atoms with Gasteiger partial charge in [0.2, 0.25) is 0 Å². The number of hydrogen-bond acceptors (Lipinski definition) is 4. The summed E-state index contributed by atoms with van der Waals surface area (Å²) >= 11 is -2.01. The molecule has 0 bridgehead atoms. The summed E-state index contributed by atoms with van der Waals surface area (Å²) < 4.78 is 26.5. The molecule has 0 spiro atoms. The molecule has 2 aromatic carbocycles. The Morgan fingerprint density at radius 2 is 1.88 bits per heavy atom. The number of nitriles is 1. The molecule has 0 saturated heterocycles. The Bertz CT molecular complexity index is 1040. The van der Waals surface area contributed by atoms with Gasteiger partial charge in [-0.25, -0.2) is 4.21 Å². The van der Waals surface area contributed by atoms with Crippen LogP contribution in [-0.2, 0) is 28.8 Å². The lowest BCUT2D eigenvalue weighted by atomic mass is 9.82. The zero-order chi connectivity index (χ0) is 24.0. The van der Waals surface area contributed by atoms with Crippen molar-refractivity contribution in [3.8, 4) is 6.07 Å². The van der Waals surface area contributed by atoms with Gasteiger partial charge in [0, 0.05) is 5.92 Å². The first-order chi connectivity index (χ1) is 15.8. The van der Waals surface area contributed by atoms with Gasteiger partial charge in [0.1, 0.15) is 0 Å². The van der Waals surface area contributed by atoms with E-state index in [1.54, 1.807) is 18.2 Å². The summed E-state index contributed by atoms with van der Waals surface area (Å²) in [6, 6.07) is 17.5. The van der Waals surface area contributed by atoms with E-state index in [-0.39, 0.29) is 23.7 Å². The second-order valence-corrected chi connectivity index (χ2v) is 10.2. The molecule has 33 heavy (non-hydrogen) atoms. The van der Waals surface area contributed by atoms with Gasteiger partial charge < -0.3 is 14.4 Å². The maximum Gasteiger partial charge on any atom is 0.186 e. The maximum atomic E-state index is 11.3. The van der Waals surface area contributed by atoms with Crippen LogP contribution in [0.4, 0.5) is 0 Å². The van der Waals surface area contributed by atoms with Crippen LogP contribution < -0.4 is 0 Å². The highest BCUT2D eigenvalue weighted by Crippen LogP contribution is 2.39. The highest BCUT2D eigenvalue weighted by molar-refractivity contribution is 7.79. The minimum atomic E-state index is -2.01. The van der Waals surface area contributed by atoms with Crippen LogP contribution in [0.2, 0.25) is 0 Å². The minimum absolute atomic E-state index is 0.122. The average molecular weight is 468 g/mol. The number of benzene rings is 2. The molecule has 1 aliphatic carbocycles. The zero-order valence-electron chi connectivity index (χ0n) is 19.5. The molecule has 3 rings (SSSR count). The largest absolute Gasteiger partial charge is 0.388 e. The van der Waals surface area contributed by atoms with E-state index in [1.165, 1.54) is 5.56 Å². The van der Waals surface area contributed by atoms with E-state index in [9.17, 15) is 19.1 Å². The molecule has 5 atom stereocenters.